The van der Waals surface area contributed by atoms with Crippen molar-refractivity contribution in [2.45, 2.75) is 25.8 Å². The molecule has 0 radical (unpaired) electrons. The molecule has 3 aliphatic rings. The number of benzene rings is 1. The van der Waals surface area contributed by atoms with Gasteiger partial charge in [-0.2, -0.15) is 5.10 Å². The predicted molar refractivity (Wildman–Crippen MR) is 117 cm³/mol. The van der Waals surface area contributed by atoms with Gasteiger partial charge in [0.2, 0.25) is 5.91 Å². The molecule has 1 saturated heterocycles. The van der Waals surface area contributed by atoms with Crippen LogP contribution in [-0.2, 0) is 17.8 Å². The van der Waals surface area contributed by atoms with Crippen molar-refractivity contribution in [3.05, 3.63) is 57.8 Å². The van der Waals surface area contributed by atoms with E-state index in [0.29, 0.717) is 18.9 Å². The molecule has 0 spiro atoms. The number of hydrogen-bond acceptors (Lipinski definition) is 5. The van der Waals surface area contributed by atoms with Crippen molar-refractivity contribution in [3.63, 3.8) is 0 Å². The van der Waals surface area contributed by atoms with E-state index >= 15 is 0 Å². The lowest BCUT2D eigenvalue weighted by Gasteiger charge is -2.36. The van der Waals surface area contributed by atoms with Crippen LogP contribution < -0.4 is 0 Å². The maximum Gasteiger partial charge on any atom is 0.243 e. The van der Waals surface area contributed by atoms with Gasteiger partial charge in [0.1, 0.15) is 0 Å². The largest absolute Gasteiger partial charge is 0.299 e. The molecule has 0 saturated carbocycles. The van der Waals surface area contributed by atoms with Gasteiger partial charge >= 0.3 is 0 Å². The van der Waals surface area contributed by atoms with Gasteiger partial charge in [-0.25, -0.2) is 5.01 Å². The van der Waals surface area contributed by atoms with E-state index in [1.807, 2.05) is 0 Å². The quantitative estimate of drug-likeness (QED) is 0.763. The molecular formula is C23H28N4OS. The van der Waals surface area contributed by atoms with E-state index in [9.17, 15) is 4.79 Å². The fraction of sp³-hybridized carbons (Fsp3) is 0.478. The Morgan fingerprint density at radius 1 is 1.00 bits per heavy atom. The van der Waals surface area contributed by atoms with Crippen LogP contribution in [0.4, 0.5) is 0 Å². The number of hydrogen-bond donors (Lipinski definition) is 0. The van der Waals surface area contributed by atoms with Crippen LogP contribution in [0.2, 0.25) is 0 Å². The Labute approximate surface area is 176 Å². The van der Waals surface area contributed by atoms with E-state index in [1.54, 1.807) is 16.3 Å². The molecule has 2 aromatic rings. The number of hydrazone groups is 1. The summed E-state index contributed by atoms with van der Waals surface area (Å²) in [6.07, 6.45) is 2.77. The highest BCUT2D eigenvalue weighted by atomic mass is 32.1. The first-order chi connectivity index (χ1) is 14.3. The third kappa shape index (κ3) is 4.15. The second-order valence-electron chi connectivity index (χ2n) is 8.32. The van der Waals surface area contributed by atoms with Crippen LogP contribution in [-0.4, -0.2) is 65.7 Å². The number of aryl methyl sites for hydroxylation is 1. The summed E-state index contributed by atoms with van der Waals surface area (Å²) < 4.78 is 0. The Hall–Kier alpha value is -2.02. The second kappa shape index (κ2) is 8.38. The normalized spacial score (nSPS) is 22.9. The van der Waals surface area contributed by atoms with Gasteiger partial charge in [-0.1, -0.05) is 30.3 Å². The summed E-state index contributed by atoms with van der Waals surface area (Å²) in [6, 6.07) is 12.9. The molecule has 1 amide bonds. The molecule has 2 aliphatic heterocycles. The molecule has 0 bridgehead atoms. The highest BCUT2D eigenvalue weighted by Gasteiger charge is 2.34. The molecule has 1 unspecified atom stereocenters. The summed E-state index contributed by atoms with van der Waals surface area (Å²) in [5, 5.41) is 8.73. The second-order valence-corrected chi connectivity index (χ2v) is 9.24. The Kier molecular flexibility index (Phi) is 5.48. The van der Waals surface area contributed by atoms with Crippen LogP contribution >= 0.6 is 11.3 Å². The van der Waals surface area contributed by atoms with E-state index in [0.717, 1.165) is 57.8 Å². The molecule has 5 nitrogen and oxygen atoms in total. The molecule has 1 fully saturated rings. The first-order valence-electron chi connectivity index (χ1n) is 10.7. The number of fused-ring (bicyclic) bond motifs is 3. The van der Waals surface area contributed by atoms with Crippen LogP contribution in [0.25, 0.3) is 0 Å². The molecule has 3 heterocycles. The van der Waals surface area contributed by atoms with Gasteiger partial charge < -0.3 is 0 Å². The van der Waals surface area contributed by atoms with E-state index in [1.165, 1.54) is 16.0 Å². The zero-order valence-corrected chi connectivity index (χ0v) is 17.6. The van der Waals surface area contributed by atoms with E-state index in [-0.39, 0.29) is 5.91 Å². The van der Waals surface area contributed by atoms with E-state index in [2.05, 4.69) is 51.6 Å². The SMILES string of the molecule is O=C1CC2CCc3ccsc3C2=NN1CCN1CCN(Cc2ccccc2)CC1. The molecular weight excluding hydrogens is 380 g/mol. The highest BCUT2D eigenvalue weighted by molar-refractivity contribution is 7.12. The third-order valence-corrected chi connectivity index (χ3v) is 7.39. The molecule has 6 heteroatoms. The van der Waals surface area contributed by atoms with Crippen molar-refractivity contribution in [2.24, 2.45) is 11.0 Å². The smallest absolute Gasteiger partial charge is 0.243 e. The average Bonchev–Trinajstić information content (AvgIpc) is 3.23. The molecule has 1 aromatic carbocycles. The Morgan fingerprint density at radius 3 is 2.62 bits per heavy atom. The number of rotatable bonds is 5. The fourth-order valence-corrected chi connectivity index (χ4v) is 5.68. The summed E-state index contributed by atoms with van der Waals surface area (Å²) in [5.41, 5.74) is 3.95. The molecule has 1 atom stereocenters. The van der Waals surface area contributed by atoms with E-state index in [4.69, 9.17) is 5.10 Å². The van der Waals surface area contributed by atoms with Crippen molar-refractivity contribution in [3.8, 4) is 0 Å². The monoisotopic (exact) mass is 408 g/mol. The van der Waals surface area contributed by atoms with Crippen molar-refractivity contribution < 1.29 is 4.79 Å². The Morgan fingerprint density at radius 2 is 1.79 bits per heavy atom. The van der Waals surface area contributed by atoms with Gasteiger partial charge in [0, 0.05) is 51.6 Å². The van der Waals surface area contributed by atoms with Gasteiger partial charge in [0.15, 0.2) is 0 Å². The minimum absolute atomic E-state index is 0.196. The minimum atomic E-state index is 0.196. The molecule has 29 heavy (non-hydrogen) atoms. The zero-order valence-electron chi connectivity index (χ0n) is 16.8. The van der Waals surface area contributed by atoms with Crippen LogP contribution in [0.5, 0.6) is 0 Å². The van der Waals surface area contributed by atoms with Gasteiger partial charge in [0.05, 0.1) is 17.1 Å². The van der Waals surface area contributed by atoms with Gasteiger partial charge in [0.25, 0.3) is 0 Å². The topological polar surface area (TPSA) is 39.2 Å². The molecule has 1 aromatic heterocycles. The number of thiophene rings is 1. The lowest BCUT2D eigenvalue weighted by Crippen LogP contribution is -2.49. The van der Waals surface area contributed by atoms with Crippen LogP contribution in [0, 0.1) is 5.92 Å². The fourth-order valence-electron chi connectivity index (χ4n) is 4.66. The van der Waals surface area contributed by atoms with Gasteiger partial charge in [-0.05, 0) is 35.4 Å². The summed E-state index contributed by atoms with van der Waals surface area (Å²) in [7, 11) is 0. The summed E-state index contributed by atoms with van der Waals surface area (Å²) >= 11 is 1.78. The summed E-state index contributed by atoms with van der Waals surface area (Å²) in [4.78, 5) is 18.9. The van der Waals surface area contributed by atoms with Crippen molar-refractivity contribution in [1.82, 2.24) is 14.8 Å². The molecule has 1 aliphatic carbocycles. The molecule has 0 N–H and O–H groups in total. The molecule has 5 rings (SSSR count). The lowest BCUT2D eigenvalue weighted by atomic mass is 9.84. The number of piperazine rings is 1. The average molecular weight is 409 g/mol. The highest BCUT2D eigenvalue weighted by Crippen LogP contribution is 2.34. The maximum absolute atomic E-state index is 12.6. The first-order valence-corrected chi connectivity index (χ1v) is 11.6. The third-order valence-electron chi connectivity index (χ3n) is 6.41. The summed E-state index contributed by atoms with van der Waals surface area (Å²) in [5.74, 6) is 0.521. The predicted octanol–water partition coefficient (Wildman–Crippen LogP) is 3.06. The van der Waals surface area contributed by atoms with Crippen molar-refractivity contribution >= 4 is 23.0 Å². The maximum atomic E-state index is 12.6. The van der Waals surface area contributed by atoms with Gasteiger partial charge in [-0.3, -0.25) is 14.6 Å². The first kappa shape index (κ1) is 19.0. The van der Waals surface area contributed by atoms with Crippen molar-refractivity contribution in [1.29, 1.82) is 0 Å². The standard InChI is InChI=1S/C23H28N4OS/c28-21-16-20-7-6-19-8-15-29-23(19)22(20)24-27(21)14-13-25-9-11-26(12-10-25)17-18-4-2-1-3-5-18/h1-5,8,15,20H,6-7,9-14,16-17H2. The lowest BCUT2D eigenvalue weighted by molar-refractivity contribution is -0.133. The van der Waals surface area contributed by atoms with Crippen molar-refractivity contribution in [2.75, 3.05) is 39.3 Å². The number of carbonyl (C=O) groups is 1. The Bertz CT molecular complexity index is 885. The van der Waals surface area contributed by atoms with Gasteiger partial charge in [-0.15, -0.1) is 11.3 Å². The summed E-state index contributed by atoms with van der Waals surface area (Å²) in [6.45, 7) is 6.91. The van der Waals surface area contributed by atoms with E-state index < -0.39 is 0 Å². The number of amides is 1. The zero-order chi connectivity index (χ0) is 19.6. The Balaban J connectivity index is 1.15. The van der Waals surface area contributed by atoms with Crippen LogP contribution in [0.3, 0.4) is 0 Å². The number of carbonyl (C=O) groups excluding carboxylic acids is 1. The minimum Gasteiger partial charge on any atom is -0.299 e. The molecule has 152 valence electrons. The van der Waals surface area contributed by atoms with Crippen LogP contribution in [0.1, 0.15) is 28.8 Å². The van der Waals surface area contributed by atoms with Crippen LogP contribution in [0.15, 0.2) is 46.9 Å². The number of nitrogens with zero attached hydrogens (tertiary/aromatic N) is 4.